The lowest BCUT2D eigenvalue weighted by Crippen LogP contribution is -2.36. The van der Waals surface area contributed by atoms with Gasteiger partial charge >= 0.3 is 6.09 Å². The highest BCUT2D eigenvalue weighted by atomic mass is 16.4. The van der Waals surface area contributed by atoms with E-state index in [1.807, 2.05) is 18.2 Å². The van der Waals surface area contributed by atoms with E-state index in [2.05, 4.69) is 5.32 Å². The van der Waals surface area contributed by atoms with Crippen LogP contribution in [0.4, 0.5) is 4.79 Å². The van der Waals surface area contributed by atoms with Gasteiger partial charge < -0.3 is 10.4 Å². The average Bonchev–Trinajstić information content (AvgIpc) is 2.38. The monoisotopic (exact) mass is 247 g/mol. The number of hydrogen-bond acceptors (Lipinski definition) is 2. The third-order valence-corrected chi connectivity index (χ3v) is 3.52. The number of rotatable bonds is 3. The number of benzene rings is 1. The molecule has 1 aliphatic carbocycles. The molecule has 1 aromatic rings. The molecule has 0 aliphatic heterocycles. The summed E-state index contributed by atoms with van der Waals surface area (Å²) in [6.07, 6.45) is 3.67. The summed E-state index contributed by atoms with van der Waals surface area (Å²) in [6.45, 7) is 0. The van der Waals surface area contributed by atoms with E-state index in [4.69, 9.17) is 5.11 Å². The van der Waals surface area contributed by atoms with Crippen LogP contribution in [0.15, 0.2) is 24.3 Å². The number of amides is 1. The van der Waals surface area contributed by atoms with Crippen molar-refractivity contribution in [1.82, 2.24) is 5.32 Å². The first-order chi connectivity index (χ1) is 8.69. The topological polar surface area (TPSA) is 66.4 Å². The fourth-order valence-electron chi connectivity index (χ4n) is 2.68. The zero-order chi connectivity index (χ0) is 13.0. The first-order valence-electron chi connectivity index (χ1n) is 6.23. The molecule has 2 atom stereocenters. The van der Waals surface area contributed by atoms with Gasteiger partial charge in [0, 0.05) is 11.6 Å². The Balaban J connectivity index is 2.07. The molecular formula is C14H17NO3. The van der Waals surface area contributed by atoms with E-state index >= 15 is 0 Å². The van der Waals surface area contributed by atoms with Crippen LogP contribution in [-0.2, 0) is 0 Å². The molecule has 96 valence electrons. The lowest BCUT2D eigenvalue weighted by molar-refractivity contribution is 0.112. The van der Waals surface area contributed by atoms with Crippen molar-refractivity contribution in [1.29, 1.82) is 0 Å². The van der Waals surface area contributed by atoms with Crippen LogP contribution in [0.25, 0.3) is 0 Å². The normalized spacial score (nSPS) is 23.3. The number of aldehydes is 1. The maximum absolute atomic E-state index is 10.8. The Bertz CT molecular complexity index is 444. The second-order valence-electron chi connectivity index (χ2n) is 4.80. The van der Waals surface area contributed by atoms with E-state index in [9.17, 15) is 9.59 Å². The van der Waals surface area contributed by atoms with Crippen LogP contribution in [-0.4, -0.2) is 23.5 Å². The molecule has 1 amide bonds. The van der Waals surface area contributed by atoms with E-state index in [1.165, 1.54) is 0 Å². The average molecular weight is 247 g/mol. The fraction of sp³-hybridized carbons (Fsp3) is 0.429. The van der Waals surface area contributed by atoms with Crippen LogP contribution in [0.5, 0.6) is 0 Å². The highest BCUT2D eigenvalue weighted by Gasteiger charge is 2.24. The maximum Gasteiger partial charge on any atom is 0.404 e. The fourth-order valence-corrected chi connectivity index (χ4v) is 2.68. The van der Waals surface area contributed by atoms with Gasteiger partial charge in [-0.25, -0.2) is 4.79 Å². The highest BCUT2D eigenvalue weighted by molar-refractivity contribution is 5.75. The summed E-state index contributed by atoms with van der Waals surface area (Å²) in [6, 6.07) is 7.61. The number of carbonyl (C=O) groups excluding carboxylic acids is 1. The molecule has 1 aliphatic rings. The molecule has 1 fully saturated rings. The molecule has 0 bridgehead atoms. The van der Waals surface area contributed by atoms with Crippen molar-refractivity contribution >= 4 is 12.4 Å². The summed E-state index contributed by atoms with van der Waals surface area (Å²) in [4.78, 5) is 21.4. The Kier molecular flexibility index (Phi) is 3.97. The molecule has 1 saturated carbocycles. The van der Waals surface area contributed by atoms with Crippen molar-refractivity contribution in [3.05, 3.63) is 35.4 Å². The van der Waals surface area contributed by atoms with Gasteiger partial charge in [0.15, 0.2) is 0 Å². The minimum atomic E-state index is -0.956. The number of nitrogens with one attached hydrogen (secondary N) is 1. The smallest absolute Gasteiger partial charge is 0.404 e. The molecule has 0 aromatic heterocycles. The van der Waals surface area contributed by atoms with Gasteiger partial charge in [-0.15, -0.1) is 0 Å². The van der Waals surface area contributed by atoms with Crippen LogP contribution in [0.1, 0.15) is 47.5 Å². The molecule has 4 heteroatoms. The third-order valence-electron chi connectivity index (χ3n) is 3.52. The molecule has 4 nitrogen and oxygen atoms in total. The molecular weight excluding hydrogens is 230 g/mol. The summed E-state index contributed by atoms with van der Waals surface area (Å²) in [5.41, 5.74) is 1.82. The Morgan fingerprint density at radius 3 is 2.94 bits per heavy atom. The highest BCUT2D eigenvalue weighted by Crippen LogP contribution is 2.33. The molecule has 2 unspecified atom stereocenters. The summed E-state index contributed by atoms with van der Waals surface area (Å²) < 4.78 is 0. The Hall–Kier alpha value is -1.84. The van der Waals surface area contributed by atoms with Gasteiger partial charge in [0.2, 0.25) is 0 Å². The molecule has 2 N–H and O–H groups in total. The molecule has 0 spiro atoms. The molecule has 0 saturated heterocycles. The number of carboxylic acid groups (broad SMARTS) is 1. The lowest BCUT2D eigenvalue weighted by atomic mass is 9.81. The van der Waals surface area contributed by atoms with E-state index < -0.39 is 6.09 Å². The van der Waals surface area contributed by atoms with Crippen molar-refractivity contribution in [2.24, 2.45) is 0 Å². The summed E-state index contributed by atoms with van der Waals surface area (Å²) in [5, 5.41) is 11.3. The zero-order valence-electron chi connectivity index (χ0n) is 10.1. The van der Waals surface area contributed by atoms with Crippen LogP contribution < -0.4 is 5.32 Å². The molecule has 0 heterocycles. The minimum absolute atomic E-state index is 0.0288. The Labute approximate surface area is 106 Å². The largest absolute Gasteiger partial charge is 0.465 e. The molecule has 1 aromatic carbocycles. The van der Waals surface area contributed by atoms with Gasteiger partial charge in [-0.05, 0) is 36.8 Å². The van der Waals surface area contributed by atoms with Crippen LogP contribution >= 0.6 is 0 Å². The van der Waals surface area contributed by atoms with Gasteiger partial charge in [-0.2, -0.15) is 0 Å². The molecule has 0 radical (unpaired) electrons. The maximum atomic E-state index is 10.8. The number of carbonyl (C=O) groups is 2. The van der Waals surface area contributed by atoms with E-state index in [1.54, 1.807) is 6.07 Å². The third kappa shape index (κ3) is 3.09. The molecule has 2 rings (SSSR count). The van der Waals surface area contributed by atoms with Crippen LogP contribution in [0.3, 0.4) is 0 Å². The van der Waals surface area contributed by atoms with Crippen molar-refractivity contribution in [2.45, 2.75) is 37.6 Å². The van der Waals surface area contributed by atoms with Crippen LogP contribution in [0.2, 0.25) is 0 Å². The van der Waals surface area contributed by atoms with Crippen molar-refractivity contribution in [3.8, 4) is 0 Å². The predicted molar refractivity (Wildman–Crippen MR) is 68.0 cm³/mol. The molecule has 18 heavy (non-hydrogen) atoms. The van der Waals surface area contributed by atoms with Crippen molar-refractivity contribution in [2.75, 3.05) is 0 Å². The van der Waals surface area contributed by atoms with Crippen LogP contribution in [0, 0.1) is 0 Å². The predicted octanol–water partition coefficient (Wildman–Crippen LogP) is 2.79. The number of hydrogen-bond donors (Lipinski definition) is 2. The van der Waals surface area contributed by atoms with Gasteiger partial charge in [-0.1, -0.05) is 24.6 Å². The van der Waals surface area contributed by atoms with Gasteiger partial charge in [0.05, 0.1) is 0 Å². The van der Waals surface area contributed by atoms with Gasteiger partial charge in [0.25, 0.3) is 0 Å². The standard InChI is InChI=1S/C14H17NO3/c16-9-10-3-1-4-11(7-10)12-5-2-6-13(8-12)15-14(17)18/h1,3-4,7,9,12-13,15H,2,5-6,8H2,(H,17,18). The van der Waals surface area contributed by atoms with E-state index in [-0.39, 0.29) is 6.04 Å². The van der Waals surface area contributed by atoms with Gasteiger partial charge in [0.1, 0.15) is 6.29 Å². The first-order valence-corrected chi connectivity index (χ1v) is 6.23. The second kappa shape index (κ2) is 5.67. The quantitative estimate of drug-likeness (QED) is 0.807. The minimum Gasteiger partial charge on any atom is -0.465 e. The van der Waals surface area contributed by atoms with E-state index in [0.717, 1.165) is 37.5 Å². The first kappa shape index (κ1) is 12.6. The second-order valence-corrected chi connectivity index (χ2v) is 4.80. The Morgan fingerprint density at radius 2 is 2.22 bits per heavy atom. The van der Waals surface area contributed by atoms with Gasteiger partial charge in [-0.3, -0.25) is 4.79 Å². The summed E-state index contributed by atoms with van der Waals surface area (Å²) in [7, 11) is 0. The van der Waals surface area contributed by atoms with Crippen molar-refractivity contribution in [3.63, 3.8) is 0 Å². The summed E-state index contributed by atoms with van der Waals surface area (Å²) in [5.74, 6) is 0.343. The van der Waals surface area contributed by atoms with E-state index in [0.29, 0.717) is 11.5 Å². The Morgan fingerprint density at radius 1 is 1.39 bits per heavy atom. The SMILES string of the molecule is O=Cc1cccc(C2CCCC(NC(=O)O)C2)c1. The summed E-state index contributed by atoms with van der Waals surface area (Å²) >= 11 is 0. The van der Waals surface area contributed by atoms with Crippen molar-refractivity contribution < 1.29 is 14.7 Å². The zero-order valence-corrected chi connectivity index (χ0v) is 10.1. The lowest BCUT2D eigenvalue weighted by Gasteiger charge is -2.29.